The van der Waals surface area contributed by atoms with E-state index in [1.165, 1.54) is 18.3 Å². The number of aromatic nitrogens is 1. The van der Waals surface area contributed by atoms with Gasteiger partial charge in [0.2, 0.25) is 5.91 Å². The number of aldehydes is 1. The van der Waals surface area contributed by atoms with E-state index in [0.29, 0.717) is 10.6 Å². The molecule has 0 fully saturated rings. The minimum Gasteiger partial charge on any atom is -0.324 e. The lowest BCUT2D eigenvalue weighted by Gasteiger charge is -1.99. The number of thiophene rings is 1. The van der Waals surface area contributed by atoms with Crippen molar-refractivity contribution in [2.75, 3.05) is 5.32 Å². The summed E-state index contributed by atoms with van der Waals surface area (Å²) in [5.41, 5.74) is 0.561. The molecule has 0 spiro atoms. The van der Waals surface area contributed by atoms with Crippen LogP contribution in [0.5, 0.6) is 0 Å². The van der Waals surface area contributed by atoms with Crippen LogP contribution in [0, 0.1) is 0 Å². The van der Waals surface area contributed by atoms with Gasteiger partial charge in [-0.1, -0.05) is 0 Å². The molecule has 1 amide bonds. The summed E-state index contributed by atoms with van der Waals surface area (Å²) in [7, 11) is 0. The highest BCUT2D eigenvalue weighted by atomic mass is 32.1. The number of hydrogen-bond acceptors (Lipinski definition) is 4. The normalized spacial score (nSPS) is 10.2. The van der Waals surface area contributed by atoms with Crippen LogP contribution in [0.1, 0.15) is 16.6 Å². The van der Waals surface area contributed by atoms with Crippen molar-refractivity contribution in [3.63, 3.8) is 0 Å². The number of fused-ring (bicyclic) bond motifs is 1. The molecule has 0 aliphatic rings. The maximum atomic E-state index is 11.0. The number of nitrogens with one attached hydrogen (secondary N) is 1. The number of amides is 1. The van der Waals surface area contributed by atoms with Crippen molar-refractivity contribution in [3.05, 3.63) is 23.2 Å². The Morgan fingerprint density at radius 2 is 2.40 bits per heavy atom. The van der Waals surface area contributed by atoms with Crippen molar-refractivity contribution in [2.45, 2.75) is 6.92 Å². The van der Waals surface area contributed by atoms with Crippen molar-refractivity contribution < 1.29 is 9.59 Å². The minimum atomic E-state index is -0.193. The van der Waals surface area contributed by atoms with Crippen LogP contribution in [-0.4, -0.2) is 17.2 Å². The second kappa shape index (κ2) is 3.78. The first-order chi connectivity index (χ1) is 7.22. The lowest BCUT2D eigenvalue weighted by molar-refractivity contribution is -0.114. The fourth-order valence-corrected chi connectivity index (χ4v) is 2.25. The molecule has 5 heteroatoms. The van der Waals surface area contributed by atoms with Gasteiger partial charge in [0.1, 0.15) is 4.83 Å². The van der Waals surface area contributed by atoms with Gasteiger partial charge in [-0.05, 0) is 12.1 Å². The Morgan fingerprint density at radius 1 is 1.60 bits per heavy atom. The summed E-state index contributed by atoms with van der Waals surface area (Å²) in [6.45, 7) is 1.41. The van der Waals surface area contributed by atoms with Gasteiger partial charge in [0, 0.05) is 18.5 Å². The van der Waals surface area contributed by atoms with Gasteiger partial charge in [-0.15, -0.1) is 11.3 Å². The van der Waals surface area contributed by atoms with Crippen molar-refractivity contribution in [2.24, 2.45) is 0 Å². The molecule has 2 aromatic rings. The van der Waals surface area contributed by atoms with E-state index < -0.39 is 0 Å². The van der Waals surface area contributed by atoms with Crippen molar-refractivity contribution in [3.8, 4) is 0 Å². The third kappa shape index (κ3) is 1.73. The molecule has 2 heterocycles. The predicted octanol–water partition coefficient (Wildman–Crippen LogP) is 2.07. The van der Waals surface area contributed by atoms with E-state index in [4.69, 9.17) is 0 Å². The second-order valence-corrected chi connectivity index (χ2v) is 4.03. The number of hydrogen-bond donors (Lipinski definition) is 1. The van der Waals surface area contributed by atoms with Crippen LogP contribution < -0.4 is 5.32 Å². The molecule has 0 saturated carbocycles. The molecule has 4 nitrogen and oxygen atoms in total. The number of nitrogens with zero attached hydrogens (tertiary/aromatic N) is 1. The van der Waals surface area contributed by atoms with E-state index in [2.05, 4.69) is 10.3 Å². The zero-order valence-electron chi connectivity index (χ0n) is 7.98. The number of carbonyl (C=O) groups excluding carboxylic acids is 2. The van der Waals surface area contributed by atoms with Crippen LogP contribution >= 0.6 is 11.3 Å². The van der Waals surface area contributed by atoms with E-state index in [-0.39, 0.29) is 5.91 Å². The lowest BCUT2D eigenvalue weighted by atomic mass is 10.2. The average molecular weight is 220 g/mol. The largest absolute Gasteiger partial charge is 0.324 e. The van der Waals surface area contributed by atoms with Gasteiger partial charge in [-0.2, -0.15) is 0 Å². The second-order valence-electron chi connectivity index (χ2n) is 3.00. The molecule has 0 aliphatic heterocycles. The first kappa shape index (κ1) is 9.79. The van der Waals surface area contributed by atoms with Crippen LogP contribution in [0.2, 0.25) is 0 Å². The molecule has 1 N–H and O–H groups in total. The number of rotatable bonds is 2. The molecule has 2 rings (SSSR count). The Morgan fingerprint density at radius 3 is 3.07 bits per heavy atom. The number of pyridine rings is 1. The highest BCUT2D eigenvalue weighted by Gasteiger charge is 2.12. The summed E-state index contributed by atoms with van der Waals surface area (Å²) in [6.07, 6.45) is 2.39. The van der Waals surface area contributed by atoms with Gasteiger partial charge in [-0.3, -0.25) is 9.59 Å². The monoisotopic (exact) mass is 220 g/mol. The predicted molar refractivity (Wildman–Crippen MR) is 59.3 cm³/mol. The molecule has 0 aliphatic carbocycles. The van der Waals surface area contributed by atoms with Crippen LogP contribution in [-0.2, 0) is 4.79 Å². The first-order valence-corrected chi connectivity index (χ1v) is 5.14. The summed E-state index contributed by atoms with van der Waals surface area (Å²) in [5, 5.41) is 3.45. The molecule has 2 aromatic heterocycles. The first-order valence-electron chi connectivity index (χ1n) is 4.32. The van der Waals surface area contributed by atoms with Gasteiger partial charge in [-0.25, -0.2) is 4.98 Å². The van der Waals surface area contributed by atoms with E-state index >= 15 is 0 Å². The van der Waals surface area contributed by atoms with E-state index in [1.807, 2.05) is 6.07 Å². The van der Waals surface area contributed by atoms with Crippen LogP contribution in [0.15, 0.2) is 18.3 Å². The summed E-state index contributed by atoms with van der Waals surface area (Å²) >= 11 is 1.27. The molecule has 0 aromatic carbocycles. The molecule has 0 unspecified atom stereocenters. The Labute approximate surface area is 89.9 Å². The zero-order valence-corrected chi connectivity index (χ0v) is 8.80. The van der Waals surface area contributed by atoms with Crippen molar-refractivity contribution in [1.29, 1.82) is 0 Å². The van der Waals surface area contributed by atoms with Crippen LogP contribution in [0.3, 0.4) is 0 Å². The summed E-state index contributed by atoms with van der Waals surface area (Å²) in [5.74, 6) is -0.193. The molecule has 0 radical (unpaired) electrons. The maximum absolute atomic E-state index is 11.0. The van der Waals surface area contributed by atoms with Gasteiger partial charge in [0.05, 0.1) is 10.6 Å². The molecule has 0 bridgehead atoms. The van der Waals surface area contributed by atoms with Crippen LogP contribution in [0.25, 0.3) is 10.2 Å². The summed E-state index contributed by atoms with van der Waals surface area (Å²) in [6, 6.07) is 3.60. The zero-order chi connectivity index (χ0) is 10.8. The molecule has 0 atom stereocenters. The third-order valence-electron chi connectivity index (χ3n) is 1.90. The number of carbonyl (C=O) groups is 2. The fraction of sp³-hybridized carbons (Fsp3) is 0.100. The quantitative estimate of drug-likeness (QED) is 0.788. The van der Waals surface area contributed by atoms with Crippen molar-refractivity contribution >= 4 is 39.4 Å². The highest BCUT2D eigenvalue weighted by molar-refractivity contribution is 7.20. The lowest BCUT2D eigenvalue weighted by Crippen LogP contribution is -2.06. The van der Waals surface area contributed by atoms with E-state index in [9.17, 15) is 9.59 Å². The van der Waals surface area contributed by atoms with Gasteiger partial charge >= 0.3 is 0 Å². The van der Waals surface area contributed by atoms with E-state index in [1.54, 1.807) is 12.3 Å². The summed E-state index contributed by atoms with van der Waals surface area (Å²) < 4.78 is 0. The Balaban J connectivity index is 2.66. The molecule has 76 valence electrons. The highest BCUT2D eigenvalue weighted by Crippen LogP contribution is 2.32. The topological polar surface area (TPSA) is 59.1 Å². The smallest absolute Gasteiger partial charge is 0.221 e. The standard InChI is InChI=1S/C10H8N2O2S/c1-6(14)12-9-7-3-2-4-11-10(7)15-8(9)5-13/h2-5H,1H3,(H,12,14). The third-order valence-corrected chi connectivity index (χ3v) is 2.94. The SMILES string of the molecule is CC(=O)Nc1c(C=O)sc2ncccc12. The number of anilines is 1. The molecular formula is C10H8N2O2S. The van der Waals surface area contributed by atoms with Gasteiger partial charge in [0.25, 0.3) is 0 Å². The Kier molecular flexibility index (Phi) is 2.47. The van der Waals surface area contributed by atoms with Crippen molar-refractivity contribution in [1.82, 2.24) is 4.98 Å². The van der Waals surface area contributed by atoms with Crippen LogP contribution in [0.4, 0.5) is 5.69 Å². The Hall–Kier alpha value is -1.75. The fourth-order valence-electron chi connectivity index (χ4n) is 1.34. The Bertz CT molecular complexity index is 533. The van der Waals surface area contributed by atoms with E-state index in [0.717, 1.165) is 16.5 Å². The van der Waals surface area contributed by atoms with Gasteiger partial charge < -0.3 is 5.32 Å². The molecule has 0 saturated heterocycles. The van der Waals surface area contributed by atoms with Gasteiger partial charge in [0.15, 0.2) is 6.29 Å². The maximum Gasteiger partial charge on any atom is 0.221 e. The minimum absolute atomic E-state index is 0.193. The summed E-state index contributed by atoms with van der Waals surface area (Å²) in [4.78, 5) is 27.2. The molecule has 15 heavy (non-hydrogen) atoms. The molecular weight excluding hydrogens is 212 g/mol. The average Bonchev–Trinajstić information content (AvgIpc) is 2.56.